The number of piperidine rings is 1. The second kappa shape index (κ2) is 7.77. The largest absolute Gasteiger partial charge is 0.355 e. The van der Waals surface area contributed by atoms with Crippen molar-refractivity contribution in [2.24, 2.45) is 5.92 Å². The Labute approximate surface area is 169 Å². The summed E-state index contributed by atoms with van der Waals surface area (Å²) in [4.78, 5) is 23.8. The number of fused-ring (bicyclic) bond motifs is 1. The summed E-state index contributed by atoms with van der Waals surface area (Å²) in [5.74, 6) is 2.06. The van der Waals surface area contributed by atoms with Crippen LogP contribution >= 0.6 is 0 Å². The molecule has 0 saturated carbocycles. The molecule has 3 aromatic heterocycles. The molecule has 1 aliphatic carbocycles. The SMILES string of the molecule is O=c1cc2c(nn1CC1CCN(c3cncc(-n4cccn4)n3)CC1)CCCC2. The van der Waals surface area contributed by atoms with Crippen molar-refractivity contribution in [2.45, 2.75) is 45.1 Å². The number of rotatable bonds is 4. The number of aryl methyl sites for hydroxylation is 2. The Morgan fingerprint density at radius 3 is 2.72 bits per heavy atom. The van der Waals surface area contributed by atoms with Crippen LogP contribution in [0.1, 0.15) is 36.9 Å². The first-order valence-corrected chi connectivity index (χ1v) is 10.4. The minimum Gasteiger partial charge on any atom is -0.355 e. The van der Waals surface area contributed by atoms with Crippen molar-refractivity contribution in [2.75, 3.05) is 18.0 Å². The van der Waals surface area contributed by atoms with Gasteiger partial charge in [-0.3, -0.25) is 9.78 Å². The third-order valence-electron chi connectivity index (χ3n) is 5.99. The maximum absolute atomic E-state index is 12.5. The quantitative estimate of drug-likeness (QED) is 0.677. The Morgan fingerprint density at radius 1 is 1.07 bits per heavy atom. The number of aromatic nitrogens is 6. The zero-order valence-corrected chi connectivity index (χ0v) is 16.4. The highest BCUT2D eigenvalue weighted by Gasteiger charge is 2.22. The zero-order chi connectivity index (χ0) is 19.6. The molecule has 0 unspecified atom stereocenters. The van der Waals surface area contributed by atoms with Crippen LogP contribution in [-0.4, -0.2) is 42.6 Å². The molecule has 1 saturated heterocycles. The average Bonchev–Trinajstić information content (AvgIpc) is 3.30. The molecule has 150 valence electrons. The Kier molecular flexibility index (Phi) is 4.83. The molecule has 8 nitrogen and oxygen atoms in total. The van der Waals surface area contributed by atoms with Crippen molar-refractivity contribution in [3.8, 4) is 5.82 Å². The van der Waals surface area contributed by atoms with E-state index in [1.165, 1.54) is 12.8 Å². The van der Waals surface area contributed by atoms with Gasteiger partial charge in [0.05, 0.1) is 18.1 Å². The fourth-order valence-corrected chi connectivity index (χ4v) is 4.33. The van der Waals surface area contributed by atoms with Crippen LogP contribution in [0.2, 0.25) is 0 Å². The van der Waals surface area contributed by atoms with Crippen molar-refractivity contribution in [1.29, 1.82) is 0 Å². The summed E-state index contributed by atoms with van der Waals surface area (Å²) < 4.78 is 3.42. The van der Waals surface area contributed by atoms with Gasteiger partial charge in [0.25, 0.3) is 5.56 Å². The van der Waals surface area contributed by atoms with E-state index in [4.69, 9.17) is 4.98 Å². The van der Waals surface area contributed by atoms with Gasteiger partial charge in [0.1, 0.15) is 5.82 Å². The summed E-state index contributed by atoms with van der Waals surface area (Å²) in [6.45, 7) is 2.52. The number of hydrogen-bond donors (Lipinski definition) is 0. The molecule has 4 heterocycles. The molecule has 0 spiro atoms. The summed E-state index contributed by atoms with van der Waals surface area (Å²) in [5, 5.41) is 8.91. The van der Waals surface area contributed by atoms with Crippen LogP contribution < -0.4 is 10.5 Å². The van der Waals surface area contributed by atoms with Gasteiger partial charge in [0.15, 0.2) is 5.82 Å². The molecular weight excluding hydrogens is 366 g/mol. The molecule has 0 aromatic carbocycles. The number of anilines is 1. The first-order valence-electron chi connectivity index (χ1n) is 10.4. The van der Waals surface area contributed by atoms with E-state index in [1.807, 2.05) is 24.5 Å². The Hall–Kier alpha value is -3.03. The Morgan fingerprint density at radius 2 is 1.90 bits per heavy atom. The van der Waals surface area contributed by atoms with Crippen molar-refractivity contribution >= 4 is 5.82 Å². The van der Waals surface area contributed by atoms with Gasteiger partial charge in [0.2, 0.25) is 0 Å². The van der Waals surface area contributed by atoms with E-state index < -0.39 is 0 Å². The van der Waals surface area contributed by atoms with E-state index in [1.54, 1.807) is 21.8 Å². The topological polar surface area (TPSA) is 81.7 Å². The third kappa shape index (κ3) is 3.79. The summed E-state index contributed by atoms with van der Waals surface area (Å²) >= 11 is 0. The molecule has 0 amide bonds. The maximum Gasteiger partial charge on any atom is 0.267 e. The van der Waals surface area contributed by atoms with Crippen molar-refractivity contribution in [1.82, 2.24) is 29.5 Å². The zero-order valence-electron chi connectivity index (χ0n) is 16.4. The second-order valence-electron chi connectivity index (χ2n) is 7.96. The normalized spacial score (nSPS) is 17.3. The first kappa shape index (κ1) is 18.0. The van der Waals surface area contributed by atoms with Gasteiger partial charge in [0, 0.05) is 38.1 Å². The van der Waals surface area contributed by atoms with Gasteiger partial charge in [-0.15, -0.1) is 0 Å². The van der Waals surface area contributed by atoms with E-state index in [0.717, 1.165) is 61.7 Å². The molecule has 2 aliphatic rings. The molecule has 1 aliphatic heterocycles. The highest BCUT2D eigenvalue weighted by atomic mass is 16.1. The van der Waals surface area contributed by atoms with Crippen LogP contribution in [0.5, 0.6) is 0 Å². The molecular formula is C21H25N7O. The van der Waals surface area contributed by atoms with Gasteiger partial charge >= 0.3 is 0 Å². The molecule has 1 fully saturated rings. The molecule has 8 heteroatoms. The molecule has 0 radical (unpaired) electrons. The lowest BCUT2D eigenvalue weighted by atomic mass is 9.96. The summed E-state index contributed by atoms with van der Waals surface area (Å²) in [6, 6.07) is 3.68. The standard InChI is InChI=1S/C21H25N7O/c29-21-12-17-4-1-2-5-18(17)25-28(21)15-16-6-10-26(11-7-16)19-13-22-14-20(24-19)27-9-3-8-23-27/h3,8-9,12-14,16H,1-2,4-7,10-11,15H2. The predicted molar refractivity (Wildman–Crippen MR) is 109 cm³/mol. The molecule has 3 aromatic rings. The maximum atomic E-state index is 12.5. The number of nitrogens with zero attached hydrogens (tertiary/aromatic N) is 7. The molecule has 0 N–H and O–H groups in total. The molecule has 29 heavy (non-hydrogen) atoms. The van der Waals surface area contributed by atoms with Crippen molar-refractivity contribution in [3.63, 3.8) is 0 Å². The van der Waals surface area contributed by atoms with Crippen molar-refractivity contribution in [3.05, 3.63) is 58.5 Å². The lowest BCUT2D eigenvalue weighted by Gasteiger charge is -2.32. The first-order chi connectivity index (χ1) is 14.3. The van der Waals surface area contributed by atoms with E-state index in [0.29, 0.717) is 12.5 Å². The minimum absolute atomic E-state index is 0.0471. The lowest BCUT2D eigenvalue weighted by Crippen LogP contribution is -2.37. The van der Waals surface area contributed by atoms with Crippen LogP contribution in [0.15, 0.2) is 41.7 Å². The summed E-state index contributed by atoms with van der Waals surface area (Å²) in [7, 11) is 0. The van der Waals surface area contributed by atoms with Gasteiger partial charge in [-0.2, -0.15) is 10.2 Å². The van der Waals surface area contributed by atoms with Crippen LogP contribution in [0.25, 0.3) is 5.82 Å². The monoisotopic (exact) mass is 391 g/mol. The molecule has 5 rings (SSSR count). The smallest absolute Gasteiger partial charge is 0.267 e. The van der Waals surface area contributed by atoms with Gasteiger partial charge < -0.3 is 4.90 Å². The average molecular weight is 391 g/mol. The van der Waals surface area contributed by atoms with Crippen LogP contribution in [-0.2, 0) is 19.4 Å². The Bertz CT molecular complexity index is 1040. The second-order valence-corrected chi connectivity index (χ2v) is 7.96. The summed E-state index contributed by atoms with van der Waals surface area (Å²) in [6.07, 6.45) is 13.5. The minimum atomic E-state index is 0.0471. The fraction of sp³-hybridized carbons (Fsp3) is 0.476. The summed E-state index contributed by atoms with van der Waals surface area (Å²) in [5.41, 5.74) is 2.33. The fourth-order valence-electron chi connectivity index (χ4n) is 4.33. The van der Waals surface area contributed by atoms with Crippen LogP contribution in [0.4, 0.5) is 5.82 Å². The van der Waals surface area contributed by atoms with E-state index in [2.05, 4.69) is 20.1 Å². The molecule has 0 atom stereocenters. The lowest BCUT2D eigenvalue weighted by molar-refractivity contribution is 0.331. The van der Waals surface area contributed by atoms with Crippen LogP contribution in [0.3, 0.4) is 0 Å². The van der Waals surface area contributed by atoms with E-state index in [-0.39, 0.29) is 5.56 Å². The van der Waals surface area contributed by atoms with E-state index >= 15 is 0 Å². The third-order valence-corrected chi connectivity index (χ3v) is 5.99. The Balaban J connectivity index is 1.25. The van der Waals surface area contributed by atoms with Gasteiger partial charge in [-0.25, -0.2) is 14.3 Å². The van der Waals surface area contributed by atoms with E-state index in [9.17, 15) is 4.79 Å². The number of hydrogen-bond acceptors (Lipinski definition) is 6. The van der Waals surface area contributed by atoms with Crippen molar-refractivity contribution < 1.29 is 0 Å². The highest BCUT2D eigenvalue weighted by Crippen LogP contribution is 2.23. The van der Waals surface area contributed by atoms with Crippen LogP contribution in [0, 0.1) is 5.92 Å². The molecule has 0 bridgehead atoms. The van der Waals surface area contributed by atoms with Gasteiger partial charge in [-0.1, -0.05) is 0 Å². The predicted octanol–water partition coefficient (Wildman–Crippen LogP) is 2.01. The highest BCUT2D eigenvalue weighted by molar-refractivity contribution is 5.39. The van der Waals surface area contributed by atoms with Gasteiger partial charge in [-0.05, 0) is 56.1 Å².